The zero-order chi connectivity index (χ0) is 10.1. The van der Waals surface area contributed by atoms with Crippen molar-refractivity contribution in [1.29, 1.82) is 0 Å². The number of hydrogen-bond acceptors (Lipinski definition) is 2. The standard InChI is InChI=1S/C9H7BrClN3/c1-14-3-2-8(13-14)7-4-6(10)5-12-9(7)11/h2-5H,1H3. The molecule has 0 fully saturated rings. The molecule has 0 radical (unpaired) electrons. The van der Waals surface area contributed by atoms with Crippen LogP contribution < -0.4 is 0 Å². The van der Waals surface area contributed by atoms with E-state index < -0.39 is 0 Å². The molecule has 0 aliphatic heterocycles. The monoisotopic (exact) mass is 271 g/mol. The lowest BCUT2D eigenvalue weighted by atomic mass is 10.2. The van der Waals surface area contributed by atoms with Crippen LogP contribution in [0, 0.1) is 0 Å². The van der Waals surface area contributed by atoms with Crippen molar-refractivity contribution in [2.45, 2.75) is 0 Å². The Labute approximate surface area is 94.9 Å². The molecule has 2 rings (SSSR count). The summed E-state index contributed by atoms with van der Waals surface area (Å²) in [4.78, 5) is 4.03. The van der Waals surface area contributed by atoms with E-state index in [4.69, 9.17) is 11.6 Å². The highest BCUT2D eigenvalue weighted by Gasteiger charge is 2.07. The van der Waals surface area contributed by atoms with Crippen molar-refractivity contribution in [2.75, 3.05) is 0 Å². The maximum absolute atomic E-state index is 5.96. The van der Waals surface area contributed by atoms with E-state index in [1.807, 2.05) is 25.4 Å². The van der Waals surface area contributed by atoms with Crippen LogP contribution in [0.2, 0.25) is 5.15 Å². The van der Waals surface area contributed by atoms with Gasteiger partial charge in [0.05, 0.1) is 5.69 Å². The van der Waals surface area contributed by atoms with Crippen LogP contribution in [0.1, 0.15) is 0 Å². The van der Waals surface area contributed by atoms with E-state index in [1.165, 1.54) is 0 Å². The van der Waals surface area contributed by atoms with Gasteiger partial charge in [-0.3, -0.25) is 4.68 Å². The highest BCUT2D eigenvalue weighted by molar-refractivity contribution is 9.10. The largest absolute Gasteiger partial charge is 0.275 e. The Balaban J connectivity index is 2.55. The summed E-state index contributed by atoms with van der Waals surface area (Å²) in [5.74, 6) is 0. The van der Waals surface area contributed by atoms with E-state index >= 15 is 0 Å². The molecule has 0 N–H and O–H groups in total. The smallest absolute Gasteiger partial charge is 0.138 e. The quantitative estimate of drug-likeness (QED) is 0.747. The van der Waals surface area contributed by atoms with E-state index in [1.54, 1.807) is 10.9 Å². The van der Waals surface area contributed by atoms with Gasteiger partial charge in [0.1, 0.15) is 5.15 Å². The van der Waals surface area contributed by atoms with Crippen LogP contribution in [0.3, 0.4) is 0 Å². The molecule has 0 aromatic carbocycles. The lowest BCUT2D eigenvalue weighted by Crippen LogP contribution is -1.89. The molecular formula is C9H7BrClN3. The van der Waals surface area contributed by atoms with Crippen molar-refractivity contribution in [3.63, 3.8) is 0 Å². The van der Waals surface area contributed by atoms with Crippen LogP contribution in [-0.2, 0) is 7.05 Å². The third kappa shape index (κ3) is 1.81. The van der Waals surface area contributed by atoms with Gasteiger partial charge in [0.25, 0.3) is 0 Å². The van der Waals surface area contributed by atoms with Crippen LogP contribution in [0.4, 0.5) is 0 Å². The molecule has 0 amide bonds. The number of pyridine rings is 1. The minimum absolute atomic E-state index is 0.465. The second-order valence-electron chi connectivity index (χ2n) is 2.87. The summed E-state index contributed by atoms with van der Waals surface area (Å²) in [6.07, 6.45) is 3.53. The van der Waals surface area contributed by atoms with Crippen LogP contribution in [0.25, 0.3) is 11.3 Å². The number of rotatable bonds is 1. The van der Waals surface area contributed by atoms with Gasteiger partial charge in [-0.1, -0.05) is 11.6 Å². The summed E-state index contributed by atoms with van der Waals surface area (Å²) in [5, 5.41) is 4.72. The van der Waals surface area contributed by atoms with Gasteiger partial charge in [0.2, 0.25) is 0 Å². The summed E-state index contributed by atoms with van der Waals surface area (Å²) in [6.45, 7) is 0. The van der Waals surface area contributed by atoms with Gasteiger partial charge in [-0.05, 0) is 28.1 Å². The molecule has 14 heavy (non-hydrogen) atoms. The van der Waals surface area contributed by atoms with E-state index in [9.17, 15) is 0 Å². The van der Waals surface area contributed by atoms with Gasteiger partial charge >= 0.3 is 0 Å². The third-order valence-electron chi connectivity index (χ3n) is 1.80. The van der Waals surface area contributed by atoms with E-state index in [0.29, 0.717) is 5.15 Å². The van der Waals surface area contributed by atoms with E-state index in [0.717, 1.165) is 15.7 Å². The lowest BCUT2D eigenvalue weighted by Gasteiger charge is -1.99. The third-order valence-corrected chi connectivity index (χ3v) is 2.53. The first-order valence-corrected chi connectivity index (χ1v) is 5.15. The number of aromatic nitrogens is 3. The number of hydrogen-bond donors (Lipinski definition) is 0. The van der Waals surface area contributed by atoms with E-state index in [-0.39, 0.29) is 0 Å². The normalized spacial score (nSPS) is 10.5. The molecule has 2 heterocycles. The number of aryl methyl sites for hydroxylation is 1. The minimum atomic E-state index is 0.465. The van der Waals surface area contributed by atoms with Crippen molar-refractivity contribution < 1.29 is 0 Å². The molecule has 0 atom stereocenters. The molecule has 0 aliphatic rings. The van der Waals surface area contributed by atoms with Crippen LogP contribution in [0.5, 0.6) is 0 Å². The molecule has 5 heteroatoms. The molecule has 3 nitrogen and oxygen atoms in total. The zero-order valence-electron chi connectivity index (χ0n) is 7.41. The fourth-order valence-corrected chi connectivity index (χ4v) is 1.69. The predicted molar refractivity (Wildman–Crippen MR) is 59.1 cm³/mol. The molecule has 2 aromatic rings. The van der Waals surface area contributed by atoms with Crippen molar-refractivity contribution in [2.24, 2.45) is 7.05 Å². The van der Waals surface area contributed by atoms with Gasteiger partial charge in [-0.25, -0.2) is 4.98 Å². The fraction of sp³-hybridized carbons (Fsp3) is 0.111. The average molecular weight is 273 g/mol. The van der Waals surface area contributed by atoms with Gasteiger partial charge in [-0.15, -0.1) is 0 Å². The summed E-state index contributed by atoms with van der Waals surface area (Å²) in [7, 11) is 1.86. The van der Waals surface area contributed by atoms with Gasteiger partial charge in [-0.2, -0.15) is 5.10 Å². The number of nitrogens with zero attached hydrogens (tertiary/aromatic N) is 3. The molecule has 0 bridgehead atoms. The van der Waals surface area contributed by atoms with Crippen molar-refractivity contribution in [1.82, 2.24) is 14.8 Å². The van der Waals surface area contributed by atoms with E-state index in [2.05, 4.69) is 26.0 Å². The molecule has 0 unspecified atom stereocenters. The Morgan fingerprint density at radius 1 is 1.50 bits per heavy atom. The Morgan fingerprint density at radius 2 is 2.29 bits per heavy atom. The maximum atomic E-state index is 5.96. The predicted octanol–water partition coefficient (Wildman–Crippen LogP) is 2.90. The second-order valence-corrected chi connectivity index (χ2v) is 4.14. The SMILES string of the molecule is Cn1ccc(-c2cc(Br)cnc2Cl)n1. The highest BCUT2D eigenvalue weighted by atomic mass is 79.9. The van der Waals surface area contributed by atoms with Crippen LogP contribution in [-0.4, -0.2) is 14.8 Å². The Kier molecular flexibility index (Phi) is 2.56. The summed E-state index contributed by atoms with van der Waals surface area (Å²) >= 11 is 9.30. The molecular weight excluding hydrogens is 265 g/mol. The van der Waals surface area contributed by atoms with Crippen molar-refractivity contribution >= 4 is 27.5 Å². The first-order valence-electron chi connectivity index (χ1n) is 3.98. The second kappa shape index (κ2) is 3.71. The van der Waals surface area contributed by atoms with Gasteiger partial charge < -0.3 is 0 Å². The topological polar surface area (TPSA) is 30.7 Å². The molecule has 0 aliphatic carbocycles. The first-order chi connectivity index (χ1) is 6.66. The van der Waals surface area contributed by atoms with Gasteiger partial charge in [0.15, 0.2) is 0 Å². The Hall–Kier alpha value is -0.870. The maximum Gasteiger partial charge on any atom is 0.138 e. The van der Waals surface area contributed by atoms with Crippen LogP contribution in [0.15, 0.2) is 29.0 Å². The highest BCUT2D eigenvalue weighted by Crippen LogP contribution is 2.26. The molecule has 0 saturated carbocycles. The average Bonchev–Trinajstić information content (AvgIpc) is 2.56. The Bertz CT molecular complexity index is 467. The zero-order valence-corrected chi connectivity index (χ0v) is 9.75. The molecule has 0 spiro atoms. The van der Waals surface area contributed by atoms with Gasteiger partial charge in [0, 0.05) is 29.5 Å². The summed E-state index contributed by atoms with van der Waals surface area (Å²) < 4.78 is 2.62. The minimum Gasteiger partial charge on any atom is -0.275 e. The molecule has 2 aromatic heterocycles. The lowest BCUT2D eigenvalue weighted by molar-refractivity contribution is 0.771. The first kappa shape index (κ1) is 9.68. The fourth-order valence-electron chi connectivity index (χ4n) is 1.16. The summed E-state index contributed by atoms with van der Waals surface area (Å²) in [6, 6.07) is 3.80. The Morgan fingerprint density at radius 3 is 2.93 bits per heavy atom. The summed E-state index contributed by atoms with van der Waals surface area (Å²) in [5.41, 5.74) is 1.66. The van der Waals surface area contributed by atoms with Crippen molar-refractivity contribution in [3.8, 4) is 11.3 Å². The van der Waals surface area contributed by atoms with Crippen molar-refractivity contribution in [3.05, 3.63) is 34.2 Å². The number of halogens is 2. The molecule has 0 saturated heterocycles. The molecule has 72 valence electrons. The van der Waals surface area contributed by atoms with Crippen LogP contribution >= 0.6 is 27.5 Å².